The topological polar surface area (TPSA) is 47.7 Å². The van der Waals surface area contributed by atoms with Crippen molar-refractivity contribution in [1.82, 2.24) is 4.90 Å². The number of hydrogen-bond donors (Lipinski definition) is 1. The molecule has 4 nitrogen and oxygen atoms in total. The molecule has 19 heavy (non-hydrogen) atoms. The predicted octanol–water partition coefficient (Wildman–Crippen LogP) is 2.29. The van der Waals surface area contributed by atoms with Crippen LogP contribution in [0.2, 0.25) is 0 Å². The Morgan fingerprint density at radius 2 is 1.89 bits per heavy atom. The standard InChI is InChI=1S/C15H26N2O2/c1-11(2)10-17(3)14(9-16)13-7-6-12(18-4)8-15(13)19-5/h6-8,11,14H,9-10,16H2,1-5H3. The highest BCUT2D eigenvalue weighted by atomic mass is 16.5. The Kier molecular flexibility index (Phi) is 6.12. The lowest BCUT2D eigenvalue weighted by molar-refractivity contribution is 0.219. The van der Waals surface area contributed by atoms with Crippen molar-refractivity contribution in [2.45, 2.75) is 19.9 Å². The minimum Gasteiger partial charge on any atom is -0.497 e. The van der Waals surface area contributed by atoms with Gasteiger partial charge < -0.3 is 15.2 Å². The third-order valence-electron chi connectivity index (χ3n) is 3.21. The maximum atomic E-state index is 5.95. The van der Waals surface area contributed by atoms with Crippen molar-refractivity contribution in [3.8, 4) is 11.5 Å². The lowest BCUT2D eigenvalue weighted by Crippen LogP contribution is -2.33. The molecule has 0 aromatic heterocycles. The van der Waals surface area contributed by atoms with Crippen LogP contribution in [0.3, 0.4) is 0 Å². The third-order valence-corrected chi connectivity index (χ3v) is 3.21. The number of rotatable bonds is 7. The van der Waals surface area contributed by atoms with Crippen LogP contribution in [-0.2, 0) is 0 Å². The van der Waals surface area contributed by atoms with Crippen LogP contribution in [0, 0.1) is 5.92 Å². The lowest BCUT2D eigenvalue weighted by atomic mass is 10.0. The second-order valence-electron chi connectivity index (χ2n) is 5.19. The molecule has 0 saturated heterocycles. The van der Waals surface area contributed by atoms with Crippen LogP contribution in [0.4, 0.5) is 0 Å². The molecule has 0 bridgehead atoms. The molecule has 0 aliphatic heterocycles. The first kappa shape index (κ1) is 15.8. The smallest absolute Gasteiger partial charge is 0.127 e. The zero-order valence-corrected chi connectivity index (χ0v) is 12.6. The van der Waals surface area contributed by atoms with E-state index < -0.39 is 0 Å². The average molecular weight is 266 g/mol. The first-order valence-corrected chi connectivity index (χ1v) is 6.65. The molecular weight excluding hydrogens is 240 g/mol. The Labute approximate surface area is 116 Å². The van der Waals surface area contributed by atoms with E-state index in [-0.39, 0.29) is 6.04 Å². The Hall–Kier alpha value is -1.26. The Morgan fingerprint density at radius 1 is 1.21 bits per heavy atom. The Bertz CT molecular complexity index is 394. The second kappa shape index (κ2) is 7.36. The maximum Gasteiger partial charge on any atom is 0.127 e. The molecule has 1 atom stereocenters. The molecule has 0 spiro atoms. The molecule has 1 aromatic carbocycles. The van der Waals surface area contributed by atoms with E-state index in [1.165, 1.54) is 0 Å². The van der Waals surface area contributed by atoms with E-state index in [0.717, 1.165) is 23.6 Å². The van der Waals surface area contributed by atoms with Gasteiger partial charge in [0.25, 0.3) is 0 Å². The molecule has 0 radical (unpaired) electrons. The monoisotopic (exact) mass is 266 g/mol. The molecule has 1 rings (SSSR count). The fourth-order valence-corrected chi connectivity index (χ4v) is 2.34. The van der Waals surface area contributed by atoms with Gasteiger partial charge in [-0.1, -0.05) is 19.9 Å². The molecule has 2 N–H and O–H groups in total. The molecular formula is C15H26N2O2. The fourth-order valence-electron chi connectivity index (χ4n) is 2.34. The van der Waals surface area contributed by atoms with Crippen LogP contribution >= 0.6 is 0 Å². The van der Waals surface area contributed by atoms with Gasteiger partial charge in [-0.2, -0.15) is 0 Å². The number of nitrogens with zero attached hydrogens (tertiary/aromatic N) is 1. The van der Waals surface area contributed by atoms with Gasteiger partial charge >= 0.3 is 0 Å². The van der Waals surface area contributed by atoms with Crippen LogP contribution < -0.4 is 15.2 Å². The summed E-state index contributed by atoms with van der Waals surface area (Å²) in [6.07, 6.45) is 0. The van der Waals surface area contributed by atoms with E-state index in [2.05, 4.69) is 25.8 Å². The fraction of sp³-hybridized carbons (Fsp3) is 0.600. The summed E-state index contributed by atoms with van der Waals surface area (Å²) in [6.45, 7) is 5.97. The number of likely N-dealkylation sites (N-methyl/N-ethyl adjacent to an activating group) is 1. The van der Waals surface area contributed by atoms with Gasteiger partial charge in [-0.15, -0.1) is 0 Å². The zero-order valence-electron chi connectivity index (χ0n) is 12.6. The van der Waals surface area contributed by atoms with Crippen molar-refractivity contribution in [3.05, 3.63) is 23.8 Å². The Morgan fingerprint density at radius 3 is 2.37 bits per heavy atom. The molecule has 0 aliphatic rings. The molecule has 0 fully saturated rings. The van der Waals surface area contributed by atoms with Gasteiger partial charge in [-0.3, -0.25) is 4.90 Å². The third kappa shape index (κ3) is 4.11. The highest BCUT2D eigenvalue weighted by Gasteiger charge is 2.20. The molecule has 1 aromatic rings. The summed E-state index contributed by atoms with van der Waals surface area (Å²) >= 11 is 0. The molecule has 0 saturated carbocycles. The second-order valence-corrected chi connectivity index (χ2v) is 5.19. The van der Waals surface area contributed by atoms with Crippen molar-refractivity contribution in [2.75, 3.05) is 34.4 Å². The molecule has 0 amide bonds. The number of methoxy groups -OCH3 is 2. The van der Waals surface area contributed by atoms with Crippen molar-refractivity contribution in [1.29, 1.82) is 0 Å². The van der Waals surface area contributed by atoms with Crippen LogP contribution in [0.25, 0.3) is 0 Å². The highest BCUT2D eigenvalue weighted by molar-refractivity contribution is 5.42. The molecule has 4 heteroatoms. The van der Waals surface area contributed by atoms with Crippen LogP contribution in [0.15, 0.2) is 18.2 Å². The van der Waals surface area contributed by atoms with Crippen LogP contribution in [0.5, 0.6) is 11.5 Å². The lowest BCUT2D eigenvalue weighted by Gasteiger charge is -2.30. The first-order valence-electron chi connectivity index (χ1n) is 6.65. The number of ether oxygens (including phenoxy) is 2. The summed E-state index contributed by atoms with van der Waals surface area (Å²) in [7, 11) is 5.43. The summed E-state index contributed by atoms with van der Waals surface area (Å²) in [6, 6.07) is 6.04. The SMILES string of the molecule is COc1ccc(C(CN)N(C)CC(C)C)c(OC)c1. The minimum absolute atomic E-state index is 0.156. The molecule has 0 aliphatic carbocycles. The highest BCUT2D eigenvalue weighted by Crippen LogP contribution is 2.31. The molecule has 1 unspecified atom stereocenters. The van der Waals surface area contributed by atoms with E-state index in [0.29, 0.717) is 12.5 Å². The summed E-state index contributed by atoms with van der Waals surface area (Å²) < 4.78 is 10.7. The van der Waals surface area contributed by atoms with Crippen LogP contribution in [-0.4, -0.2) is 39.3 Å². The number of benzene rings is 1. The normalized spacial score (nSPS) is 12.8. The van der Waals surface area contributed by atoms with Gasteiger partial charge in [0, 0.05) is 24.7 Å². The van der Waals surface area contributed by atoms with Crippen molar-refractivity contribution >= 4 is 0 Å². The van der Waals surface area contributed by atoms with Gasteiger partial charge in [-0.05, 0) is 19.0 Å². The van der Waals surface area contributed by atoms with Gasteiger partial charge in [0.15, 0.2) is 0 Å². The zero-order chi connectivity index (χ0) is 14.4. The van der Waals surface area contributed by atoms with Crippen molar-refractivity contribution in [2.24, 2.45) is 11.7 Å². The maximum absolute atomic E-state index is 5.95. The van der Waals surface area contributed by atoms with Gasteiger partial charge in [-0.25, -0.2) is 0 Å². The largest absolute Gasteiger partial charge is 0.497 e. The van der Waals surface area contributed by atoms with E-state index in [9.17, 15) is 0 Å². The molecule has 108 valence electrons. The summed E-state index contributed by atoms with van der Waals surface area (Å²) in [5.41, 5.74) is 7.05. The average Bonchev–Trinajstić information content (AvgIpc) is 2.39. The predicted molar refractivity (Wildman–Crippen MR) is 78.8 cm³/mol. The molecule has 0 heterocycles. The van der Waals surface area contributed by atoms with Crippen molar-refractivity contribution < 1.29 is 9.47 Å². The van der Waals surface area contributed by atoms with Crippen LogP contribution in [0.1, 0.15) is 25.5 Å². The van der Waals surface area contributed by atoms with Gasteiger partial charge in [0.1, 0.15) is 11.5 Å². The number of nitrogens with two attached hydrogens (primary N) is 1. The van der Waals surface area contributed by atoms with Gasteiger partial charge in [0.2, 0.25) is 0 Å². The first-order chi connectivity index (χ1) is 9.03. The summed E-state index contributed by atoms with van der Waals surface area (Å²) in [4.78, 5) is 2.27. The van der Waals surface area contributed by atoms with E-state index in [1.807, 2.05) is 18.2 Å². The van der Waals surface area contributed by atoms with Crippen molar-refractivity contribution in [3.63, 3.8) is 0 Å². The van der Waals surface area contributed by atoms with E-state index in [1.54, 1.807) is 14.2 Å². The minimum atomic E-state index is 0.156. The number of hydrogen-bond acceptors (Lipinski definition) is 4. The quantitative estimate of drug-likeness (QED) is 0.822. The summed E-state index contributed by atoms with van der Waals surface area (Å²) in [5.74, 6) is 2.22. The van der Waals surface area contributed by atoms with E-state index >= 15 is 0 Å². The Balaban J connectivity index is 3.03. The van der Waals surface area contributed by atoms with Gasteiger partial charge in [0.05, 0.1) is 20.3 Å². The summed E-state index contributed by atoms with van der Waals surface area (Å²) in [5, 5.41) is 0. The van der Waals surface area contributed by atoms with E-state index in [4.69, 9.17) is 15.2 Å².